The van der Waals surface area contributed by atoms with Gasteiger partial charge in [-0.25, -0.2) is 17.6 Å². The molecule has 1 aromatic rings. The second-order valence-corrected chi connectivity index (χ2v) is 7.14. The Balaban J connectivity index is 1.84. The standard InChI is InChI=1S/C18H20F4/c1-11-3-4-12(14(20)13(11)19)5-6-18-9-7-17(2,8-10-18)15(21)16(18)22/h3-4H,5-10H2,1-2H3. The summed E-state index contributed by atoms with van der Waals surface area (Å²) in [5.41, 5.74) is -0.991. The topological polar surface area (TPSA) is 0 Å². The van der Waals surface area contributed by atoms with E-state index in [2.05, 4.69) is 0 Å². The summed E-state index contributed by atoms with van der Waals surface area (Å²) in [5.74, 6) is -2.99. The minimum atomic E-state index is -0.863. The first-order valence-electron chi connectivity index (χ1n) is 7.79. The number of hydrogen-bond donors (Lipinski definition) is 0. The summed E-state index contributed by atoms with van der Waals surface area (Å²) in [4.78, 5) is 0. The van der Waals surface area contributed by atoms with Crippen LogP contribution in [0.25, 0.3) is 0 Å². The fourth-order valence-corrected chi connectivity index (χ4v) is 3.83. The normalized spacial score (nSPS) is 31.0. The Labute approximate surface area is 128 Å². The Hall–Kier alpha value is -1.32. The van der Waals surface area contributed by atoms with Gasteiger partial charge in [-0.1, -0.05) is 19.1 Å². The summed E-state index contributed by atoms with van der Waals surface area (Å²) in [6.45, 7) is 3.27. The Bertz CT molecular complexity index is 637. The summed E-state index contributed by atoms with van der Waals surface area (Å²) < 4.78 is 56.2. The van der Waals surface area contributed by atoms with Crippen molar-refractivity contribution in [2.24, 2.45) is 10.8 Å². The van der Waals surface area contributed by atoms with Gasteiger partial charge in [0.25, 0.3) is 0 Å². The number of allylic oxidation sites excluding steroid dienone is 2. The molecule has 3 aliphatic rings. The van der Waals surface area contributed by atoms with Gasteiger partial charge in [-0.15, -0.1) is 0 Å². The van der Waals surface area contributed by atoms with E-state index in [4.69, 9.17) is 0 Å². The molecule has 4 heteroatoms. The van der Waals surface area contributed by atoms with E-state index in [0.717, 1.165) is 0 Å². The Kier molecular flexibility index (Phi) is 3.61. The average Bonchev–Trinajstić information content (AvgIpc) is 2.51. The summed E-state index contributed by atoms with van der Waals surface area (Å²) in [5, 5.41) is 0. The van der Waals surface area contributed by atoms with Crippen LogP contribution in [0.1, 0.15) is 50.2 Å². The minimum Gasteiger partial charge on any atom is -0.208 e. The maximum atomic E-state index is 14.5. The molecule has 0 spiro atoms. The monoisotopic (exact) mass is 312 g/mol. The van der Waals surface area contributed by atoms with E-state index in [0.29, 0.717) is 32.1 Å². The van der Waals surface area contributed by atoms with Crippen LogP contribution in [0.5, 0.6) is 0 Å². The fourth-order valence-electron chi connectivity index (χ4n) is 3.83. The van der Waals surface area contributed by atoms with Crippen molar-refractivity contribution in [3.05, 3.63) is 46.5 Å². The largest absolute Gasteiger partial charge is 0.208 e. The summed E-state index contributed by atoms with van der Waals surface area (Å²) >= 11 is 0. The second-order valence-electron chi connectivity index (χ2n) is 7.14. The van der Waals surface area contributed by atoms with Gasteiger partial charge in [0.15, 0.2) is 11.6 Å². The molecule has 0 atom stereocenters. The molecule has 0 radical (unpaired) electrons. The molecule has 0 unspecified atom stereocenters. The molecule has 0 amide bonds. The maximum Gasteiger partial charge on any atom is 0.162 e. The highest BCUT2D eigenvalue weighted by atomic mass is 19.2. The lowest BCUT2D eigenvalue weighted by atomic mass is 9.56. The van der Waals surface area contributed by atoms with E-state index >= 15 is 0 Å². The van der Waals surface area contributed by atoms with Gasteiger partial charge in [0.2, 0.25) is 0 Å². The molecular weight excluding hydrogens is 292 g/mol. The van der Waals surface area contributed by atoms with Crippen LogP contribution in [-0.2, 0) is 6.42 Å². The SMILES string of the molecule is Cc1ccc(CCC23CCC(C)(CC2)C(F)=C3F)c(F)c1F. The predicted octanol–water partition coefficient (Wildman–Crippen LogP) is 5.94. The van der Waals surface area contributed by atoms with Crippen LogP contribution in [0.3, 0.4) is 0 Å². The van der Waals surface area contributed by atoms with Gasteiger partial charge in [-0.05, 0) is 56.6 Å². The van der Waals surface area contributed by atoms with Crippen LogP contribution in [-0.4, -0.2) is 0 Å². The Morgan fingerprint density at radius 1 is 0.909 bits per heavy atom. The zero-order valence-corrected chi connectivity index (χ0v) is 12.9. The number of benzene rings is 1. The zero-order chi connectivity index (χ0) is 16.1. The Morgan fingerprint density at radius 2 is 1.55 bits per heavy atom. The minimum absolute atomic E-state index is 0.223. The van der Waals surface area contributed by atoms with Crippen LogP contribution in [0.15, 0.2) is 23.8 Å². The lowest BCUT2D eigenvalue weighted by molar-refractivity contribution is 0.0496. The van der Waals surface area contributed by atoms with Crippen LogP contribution < -0.4 is 0 Å². The Morgan fingerprint density at radius 3 is 2.18 bits per heavy atom. The molecule has 0 saturated heterocycles. The van der Waals surface area contributed by atoms with Crippen molar-refractivity contribution in [3.63, 3.8) is 0 Å². The first-order valence-corrected chi connectivity index (χ1v) is 7.79. The molecule has 120 valence electrons. The highest BCUT2D eigenvalue weighted by Gasteiger charge is 2.53. The number of aryl methyl sites for hydroxylation is 2. The maximum absolute atomic E-state index is 14.5. The molecule has 2 bridgehead atoms. The number of rotatable bonds is 3. The van der Waals surface area contributed by atoms with Gasteiger partial charge in [-0.3, -0.25) is 0 Å². The lowest BCUT2D eigenvalue weighted by Gasteiger charge is -2.49. The summed E-state index contributed by atoms with van der Waals surface area (Å²) in [7, 11) is 0. The molecular formula is C18H20F4. The van der Waals surface area contributed by atoms with Crippen molar-refractivity contribution in [3.8, 4) is 0 Å². The molecule has 3 aliphatic carbocycles. The van der Waals surface area contributed by atoms with E-state index in [1.165, 1.54) is 19.1 Å². The van der Waals surface area contributed by atoms with Crippen LogP contribution in [0.2, 0.25) is 0 Å². The smallest absolute Gasteiger partial charge is 0.162 e. The van der Waals surface area contributed by atoms with Gasteiger partial charge in [0.05, 0.1) is 0 Å². The second kappa shape index (κ2) is 5.10. The summed E-state index contributed by atoms with van der Waals surface area (Å²) in [6, 6.07) is 3.06. The van der Waals surface area contributed by atoms with E-state index in [9.17, 15) is 17.6 Å². The quantitative estimate of drug-likeness (QED) is 0.606. The van der Waals surface area contributed by atoms with Gasteiger partial charge in [0.1, 0.15) is 11.7 Å². The van der Waals surface area contributed by atoms with Crippen LogP contribution in [0.4, 0.5) is 17.6 Å². The molecule has 4 rings (SSSR count). The zero-order valence-electron chi connectivity index (χ0n) is 12.9. The molecule has 0 heterocycles. The van der Waals surface area contributed by atoms with Crippen molar-refractivity contribution < 1.29 is 17.6 Å². The fraction of sp³-hybridized carbons (Fsp3) is 0.556. The number of fused-ring (bicyclic) bond motifs is 2. The number of halogens is 4. The highest BCUT2D eigenvalue weighted by Crippen LogP contribution is 2.61. The third-order valence-electron chi connectivity index (χ3n) is 5.73. The van der Waals surface area contributed by atoms with Gasteiger partial charge < -0.3 is 0 Å². The van der Waals surface area contributed by atoms with Crippen LogP contribution in [0, 0.1) is 29.4 Å². The van der Waals surface area contributed by atoms with Crippen molar-refractivity contribution in [1.82, 2.24) is 0 Å². The van der Waals surface area contributed by atoms with Crippen molar-refractivity contribution in [2.75, 3.05) is 0 Å². The van der Waals surface area contributed by atoms with E-state index in [1.807, 2.05) is 0 Å². The molecule has 22 heavy (non-hydrogen) atoms. The first-order chi connectivity index (χ1) is 10.3. The first kappa shape index (κ1) is 15.6. The molecule has 1 aromatic carbocycles. The third kappa shape index (κ3) is 2.19. The molecule has 0 aromatic heterocycles. The molecule has 1 saturated carbocycles. The lowest BCUT2D eigenvalue weighted by Crippen LogP contribution is -2.40. The van der Waals surface area contributed by atoms with Gasteiger partial charge in [-0.2, -0.15) is 0 Å². The van der Waals surface area contributed by atoms with E-state index < -0.39 is 34.1 Å². The van der Waals surface area contributed by atoms with Gasteiger partial charge >= 0.3 is 0 Å². The third-order valence-corrected chi connectivity index (χ3v) is 5.73. The molecule has 0 N–H and O–H groups in total. The molecule has 0 aliphatic heterocycles. The number of hydrogen-bond acceptors (Lipinski definition) is 0. The molecule has 0 nitrogen and oxygen atoms in total. The van der Waals surface area contributed by atoms with Gasteiger partial charge in [0, 0.05) is 10.8 Å². The predicted molar refractivity (Wildman–Crippen MR) is 77.7 cm³/mol. The average molecular weight is 312 g/mol. The van der Waals surface area contributed by atoms with E-state index in [-0.39, 0.29) is 17.5 Å². The highest BCUT2D eigenvalue weighted by molar-refractivity contribution is 5.29. The van der Waals surface area contributed by atoms with E-state index in [1.54, 1.807) is 6.92 Å². The van der Waals surface area contributed by atoms with Crippen LogP contribution >= 0.6 is 0 Å². The van der Waals surface area contributed by atoms with Crippen molar-refractivity contribution in [2.45, 2.75) is 52.4 Å². The molecule has 1 fully saturated rings. The summed E-state index contributed by atoms with van der Waals surface area (Å²) in [6.07, 6.45) is 2.95. The van der Waals surface area contributed by atoms with Crippen molar-refractivity contribution >= 4 is 0 Å². The van der Waals surface area contributed by atoms with Crippen molar-refractivity contribution in [1.29, 1.82) is 0 Å².